The summed E-state index contributed by atoms with van der Waals surface area (Å²) >= 11 is 0. The molecule has 0 radical (unpaired) electrons. The van der Waals surface area contributed by atoms with Gasteiger partial charge in [0.05, 0.1) is 6.10 Å². The highest BCUT2D eigenvalue weighted by atomic mass is 16.3. The van der Waals surface area contributed by atoms with Crippen molar-refractivity contribution >= 4 is 5.69 Å². The van der Waals surface area contributed by atoms with Crippen LogP contribution in [0.5, 0.6) is 0 Å². The molecule has 0 spiro atoms. The van der Waals surface area contributed by atoms with Gasteiger partial charge in [0.2, 0.25) is 0 Å². The van der Waals surface area contributed by atoms with Gasteiger partial charge in [0, 0.05) is 17.3 Å². The van der Waals surface area contributed by atoms with E-state index in [2.05, 4.69) is 38.2 Å². The van der Waals surface area contributed by atoms with Crippen LogP contribution in [-0.4, -0.2) is 11.1 Å². The monoisotopic (exact) mass is 191 g/mol. The zero-order valence-corrected chi connectivity index (χ0v) is 8.96. The minimum atomic E-state index is -0.304. The summed E-state index contributed by atoms with van der Waals surface area (Å²) in [5.41, 5.74) is 4.62. The van der Waals surface area contributed by atoms with E-state index in [0.29, 0.717) is 6.04 Å². The van der Waals surface area contributed by atoms with Crippen LogP contribution in [0.25, 0.3) is 0 Å². The molecule has 0 saturated carbocycles. The standard InChI is InChI=1S/C12H17NO/c1-7-4-5-8(2)12-11(7)10(14)6-9(3)13-12/h4-5,9-10,13-14H,6H2,1-3H3. The molecule has 1 aliphatic rings. The second-order valence-electron chi connectivity index (χ2n) is 4.28. The van der Waals surface area contributed by atoms with Crippen LogP contribution in [-0.2, 0) is 0 Å². The summed E-state index contributed by atoms with van der Waals surface area (Å²) in [7, 11) is 0. The molecule has 0 fully saturated rings. The summed E-state index contributed by atoms with van der Waals surface area (Å²) < 4.78 is 0. The van der Waals surface area contributed by atoms with Gasteiger partial charge in [-0.3, -0.25) is 0 Å². The van der Waals surface area contributed by atoms with Gasteiger partial charge < -0.3 is 10.4 Å². The van der Waals surface area contributed by atoms with Crippen molar-refractivity contribution in [3.05, 3.63) is 28.8 Å². The summed E-state index contributed by atoms with van der Waals surface area (Å²) in [6.07, 6.45) is 0.498. The first-order chi connectivity index (χ1) is 6.59. The molecule has 2 unspecified atom stereocenters. The lowest BCUT2D eigenvalue weighted by atomic mass is 9.90. The minimum absolute atomic E-state index is 0.304. The quantitative estimate of drug-likeness (QED) is 0.660. The van der Waals surface area contributed by atoms with Gasteiger partial charge in [-0.1, -0.05) is 12.1 Å². The Bertz CT molecular complexity index is 360. The number of aryl methyl sites for hydroxylation is 2. The number of nitrogens with one attached hydrogen (secondary N) is 1. The molecule has 2 N–H and O–H groups in total. The van der Waals surface area contributed by atoms with Crippen LogP contribution in [0.4, 0.5) is 5.69 Å². The predicted octanol–water partition coefficient (Wildman–Crippen LogP) is 2.54. The Balaban J connectivity index is 2.57. The third-order valence-corrected chi connectivity index (χ3v) is 2.97. The van der Waals surface area contributed by atoms with Crippen LogP contribution in [0.3, 0.4) is 0 Å². The van der Waals surface area contributed by atoms with E-state index in [9.17, 15) is 5.11 Å². The number of hydrogen-bond acceptors (Lipinski definition) is 2. The lowest BCUT2D eigenvalue weighted by molar-refractivity contribution is 0.157. The van der Waals surface area contributed by atoms with E-state index in [1.54, 1.807) is 0 Å². The summed E-state index contributed by atoms with van der Waals surface area (Å²) in [6, 6.07) is 4.54. The molecule has 76 valence electrons. The molecule has 14 heavy (non-hydrogen) atoms. The fraction of sp³-hybridized carbons (Fsp3) is 0.500. The molecule has 1 aromatic rings. The first-order valence-electron chi connectivity index (χ1n) is 5.14. The highest BCUT2D eigenvalue weighted by molar-refractivity contribution is 5.62. The van der Waals surface area contributed by atoms with E-state index in [1.165, 1.54) is 11.1 Å². The molecular formula is C12H17NO. The molecular weight excluding hydrogens is 174 g/mol. The Hall–Kier alpha value is -1.02. The SMILES string of the molecule is Cc1ccc(C)c2c1NC(C)CC2O. The largest absolute Gasteiger partial charge is 0.388 e. The second kappa shape index (κ2) is 3.28. The number of anilines is 1. The molecule has 1 aromatic carbocycles. The molecule has 0 aromatic heterocycles. The highest BCUT2D eigenvalue weighted by Crippen LogP contribution is 2.36. The molecule has 0 amide bonds. The number of hydrogen-bond donors (Lipinski definition) is 2. The topological polar surface area (TPSA) is 32.3 Å². The van der Waals surface area contributed by atoms with Gasteiger partial charge in [0.15, 0.2) is 0 Å². The third-order valence-electron chi connectivity index (χ3n) is 2.97. The van der Waals surface area contributed by atoms with Crippen molar-refractivity contribution in [2.75, 3.05) is 5.32 Å². The van der Waals surface area contributed by atoms with Crippen LogP contribution >= 0.6 is 0 Å². The van der Waals surface area contributed by atoms with Gasteiger partial charge in [-0.2, -0.15) is 0 Å². The first kappa shape index (κ1) is 9.53. The maximum atomic E-state index is 10.00. The molecule has 2 nitrogen and oxygen atoms in total. The van der Waals surface area contributed by atoms with Crippen molar-refractivity contribution in [2.24, 2.45) is 0 Å². The highest BCUT2D eigenvalue weighted by Gasteiger charge is 2.24. The normalized spacial score (nSPS) is 25.4. The fourth-order valence-electron chi connectivity index (χ4n) is 2.21. The predicted molar refractivity (Wildman–Crippen MR) is 58.6 cm³/mol. The summed E-state index contributed by atoms with van der Waals surface area (Å²) in [5, 5.41) is 13.4. The van der Waals surface area contributed by atoms with E-state index in [1.807, 2.05) is 0 Å². The molecule has 1 heterocycles. The van der Waals surface area contributed by atoms with Gasteiger partial charge >= 0.3 is 0 Å². The van der Waals surface area contributed by atoms with Gasteiger partial charge in [0.25, 0.3) is 0 Å². The maximum Gasteiger partial charge on any atom is 0.0832 e. The van der Waals surface area contributed by atoms with Gasteiger partial charge in [-0.25, -0.2) is 0 Å². The van der Waals surface area contributed by atoms with Crippen LogP contribution in [0, 0.1) is 13.8 Å². The van der Waals surface area contributed by atoms with Crippen molar-refractivity contribution in [1.82, 2.24) is 0 Å². The van der Waals surface area contributed by atoms with Crippen molar-refractivity contribution in [2.45, 2.75) is 39.3 Å². The lowest BCUT2D eigenvalue weighted by Gasteiger charge is -2.31. The third kappa shape index (κ3) is 1.40. The molecule has 1 aliphatic heterocycles. The average molecular weight is 191 g/mol. The molecule has 2 rings (SSSR count). The summed E-state index contributed by atoms with van der Waals surface area (Å²) in [5.74, 6) is 0. The number of aliphatic hydroxyl groups is 1. The zero-order chi connectivity index (χ0) is 10.3. The smallest absolute Gasteiger partial charge is 0.0832 e. The van der Waals surface area contributed by atoms with Gasteiger partial charge in [0.1, 0.15) is 0 Å². The number of rotatable bonds is 0. The van der Waals surface area contributed by atoms with E-state index in [-0.39, 0.29) is 6.10 Å². The number of fused-ring (bicyclic) bond motifs is 1. The summed E-state index contributed by atoms with van der Waals surface area (Å²) in [4.78, 5) is 0. The van der Waals surface area contributed by atoms with Crippen molar-refractivity contribution < 1.29 is 5.11 Å². The molecule has 2 heteroatoms. The maximum absolute atomic E-state index is 10.00. The first-order valence-corrected chi connectivity index (χ1v) is 5.14. The Morgan fingerprint density at radius 1 is 1.29 bits per heavy atom. The Kier molecular flexibility index (Phi) is 2.23. The number of benzene rings is 1. The second-order valence-corrected chi connectivity index (χ2v) is 4.28. The molecule has 0 aliphatic carbocycles. The van der Waals surface area contributed by atoms with E-state index in [4.69, 9.17) is 0 Å². The van der Waals surface area contributed by atoms with Crippen molar-refractivity contribution in [3.63, 3.8) is 0 Å². The van der Waals surface area contributed by atoms with E-state index >= 15 is 0 Å². The Morgan fingerprint density at radius 3 is 2.64 bits per heavy atom. The van der Waals surface area contributed by atoms with Gasteiger partial charge in [-0.15, -0.1) is 0 Å². The molecule has 0 saturated heterocycles. The van der Waals surface area contributed by atoms with Gasteiger partial charge in [-0.05, 0) is 38.3 Å². The van der Waals surface area contributed by atoms with E-state index < -0.39 is 0 Å². The van der Waals surface area contributed by atoms with Crippen LogP contribution in [0.15, 0.2) is 12.1 Å². The average Bonchev–Trinajstić information content (AvgIpc) is 2.10. The minimum Gasteiger partial charge on any atom is -0.388 e. The number of aliphatic hydroxyl groups excluding tert-OH is 1. The summed E-state index contributed by atoms with van der Waals surface area (Å²) in [6.45, 7) is 6.24. The zero-order valence-electron chi connectivity index (χ0n) is 8.96. The van der Waals surface area contributed by atoms with E-state index in [0.717, 1.165) is 17.7 Å². The lowest BCUT2D eigenvalue weighted by Crippen LogP contribution is -2.26. The van der Waals surface area contributed by atoms with Crippen LogP contribution < -0.4 is 5.32 Å². The van der Waals surface area contributed by atoms with Crippen LogP contribution in [0.2, 0.25) is 0 Å². The molecule has 2 atom stereocenters. The van der Waals surface area contributed by atoms with Crippen molar-refractivity contribution in [3.8, 4) is 0 Å². The fourth-order valence-corrected chi connectivity index (χ4v) is 2.21. The Labute approximate surface area is 85.0 Å². The van der Waals surface area contributed by atoms with Crippen LogP contribution in [0.1, 0.15) is 36.1 Å². The molecule has 0 bridgehead atoms. The Morgan fingerprint density at radius 2 is 1.93 bits per heavy atom. The van der Waals surface area contributed by atoms with Crippen molar-refractivity contribution in [1.29, 1.82) is 0 Å².